The fraction of sp³-hybridized carbons (Fsp3) is 0.625. The Labute approximate surface area is 76.0 Å². The number of carbonyl (C=O) groups excluding carboxylic acids is 2. The Morgan fingerprint density at radius 2 is 2.54 bits per heavy atom. The lowest BCUT2D eigenvalue weighted by molar-refractivity contribution is -0.135. The lowest BCUT2D eigenvalue weighted by atomic mass is 10.0. The zero-order valence-corrected chi connectivity index (χ0v) is 7.43. The van der Waals surface area contributed by atoms with Gasteiger partial charge in [0.05, 0.1) is 0 Å². The molecule has 1 rings (SSSR count). The van der Waals surface area contributed by atoms with E-state index in [0.29, 0.717) is 19.5 Å². The van der Waals surface area contributed by atoms with Crippen molar-refractivity contribution in [2.45, 2.75) is 13.3 Å². The summed E-state index contributed by atoms with van der Waals surface area (Å²) in [5.41, 5.74) is 8.13. The average Bonchev–Trinajstić information content (AvgIpc) is 2.47. The molecule has 0 aromatic carbocycles. The van der Waals surface area contributed by atoms with Crippen LogP contribution in [-0.2, 0) is 9.59 Å². The Hall–Kier alpha value is -1.48. The molecule has 1 aliphatic rings. The number of amides is 1. The molecule has 1 aliphatic heterocycles. The minimum absolute atomic E-state index is 0.160. The Bertz CT molecular complexity index is 281. The van der Waals surface area contributed by atoms with Gasteiger partial charge >= 0.3 is 6.21 Å². The van der Waals surface area contributed by atoms with Crippen molar-refractivity contribution in [2.75, 3.05) is 13.1 Å². The molecule has 1 saturated heterocycles. The van der Waals surface area contributed by atoms with E-state index in [1.165, 1.54) is 0 Å². The number of nitrogens with zero attached hydrogens (tertiary/aromatic N) is 3. The smallest absolute Gasteiger partial charge is 0.323 e. The van der Waals surface area contributed by atoms with Crippen LogP contribution in [0.5, 0.6) is 0 Å². The number of likely N-dealkylation sites (tertiary alicyclic amines) is 1. The van der Waals surface area contributed by atoms with E-state index < -0.39 is 11.7 Å². The van der Waals surface area contributed by atoms with Gasteiger partial charge < -0.3 is 10.4 Å². The van der Waals surface area contributed by atoms with Crippen LogP contribution < -0.4 is 0 Å². The molecule has 1 amide bonds. The Morgan fingerprint density at radius 1 is 1.85 bits per heavy atom. The number of ketones is 1. The van der Waals surface area contributed by atoms with Crippen LogP contribution in [0.1, 0.15) is 13.3 Å². The van der Waals surface area contributed by atoms with Gasteiger partial charge in [-0.1, -0.05) is 0 Å². The summed E-state index contributed by atoms with van der Waals surface area (Å²) in [4.78, 5) is 26.8. The third-order valence-electron chi connectivity index (χ3n) is 2.21. The van der Waals surface area contributed by atoms with Gasteiger partial charge in [0.25, 0.3) is 0 Å². The van der Waals surface area contributed by atoms with Crippen LogP contribution >= 0.6 is 0 Å². The first kappa shape index (κ1) is 9.61. The number of carbonyl (C=O) groups is 2. The highest BCUT2D eigenvalue weighted by atomic mass is 16.2. The minimum atomic E-state index is -0.629. The molecular formula is C8H11N3O2. The predicted molar refractivity (Wildman–Crippen MR) is 45.1 cm³/mol. The molecule has 13 heavy (non-hydrogen) atoms. The summed E-state index contributed by atoms with van der Waals surface area (Å²) in [5.74, 6) is -1.20. The molecule has 5 nitrogen and oxygen atoms in total. The number of Topliss-reactive ketones (excluding diaryl/α,β-unsaturated/α-hetero) is 1. The van der Waals surface area contributed by atoms with E-state index in [1.807, 2.05) is 6.92 Å². The van der Waals surface area contributed by atoms with Crippen LogP contribution in [0, 0.1) is 5.92 Å². The van der Waals surface area contributed by atoms with E-state index in [0.717, 1.165) is 6.21 Å². The van der Waals surface area contributed by atoms with Crippen molar-refractivity contribution in [1.82, 2.24) is 4.90 Å². The molecule has 0 aromatic heterocycles. The first-order chi connectivity index (χ1) is 6.20. The van der Waals surface area contributed by atoms with E-state index in [1.54, 1.807) is 4.90 Å². The summed E-state index contributed by atoms with van der Waals surface area (Å²) in [7, 11) is 0. The van der Waals surface area contributed by atoms with E-state index in [4.69, 9.17) is 5.53 Å². The van der Waals surface area contributed by atoms with Gasteiger partial charge in [0.2, 0.25) is 11.7 Å². The molecule has 1 unspecified atom stereocenters. The van der Waals surface area contributed by atoms with Crippen LogP contribution in [0.3, 0.4) is 0 Å². The summed E-state index contributed by atoms with van der Waals surface area (Å²) in [5, 5.41) is 0. The normalized spacial score (nSPS) is 21.5. The Morgan fingerprint density at radius 3 is 3.00 bits per heavy atom. The topological polar surface area (TPSA) is 73.8 Å². The maximum Gasteiger partial charge on any atom is 0.323 e. The summed E-state index contributed by atoms with van der Waals surface area (Å²) in [6.07, 6.45) is 1.32. The zero-order chi connectivity index (χ0) is 9.84. The van der Waals surface area contributed by atoms with Crippen molar-refractivity contribution in [3.63, 3.8) is 0 Å². The molecule has 0 radical (unpaired) electrons. The second kappa shape index (κ2) is 3.96. The second-order valence-electron chi connectivity index (χ2n) is 2.91. The maximum absolute atomic E-state index is 11.4. The van der Waals surface area contributed by atoms with E-state index in [-0.39, 0.29) is 5.91 Å². The van der Waals surface area contributed by atoms with Crippen LogP contribution in [0.4, 0.5) is 0 Å². The molecule has 1 fully saturated rings. The van der Waals surface area contributed by atoms with Gasteiger partial charge in [-0.2, -0.15) is 4.79 Å². The monoisotopic (exact) mass is 181 g/mol. The van der Waals surface area contributed by atoms with E-state index in [2.05, 4.69) is 4.79 Å². The summed E-state index contributed by atoms with van der Waals surface area (Å²) in [6.45, 7) is 3.11. The standard InChI is InChI=1S/C8H11N3O2/c1-2-11-4-3-6(8(11)13)7(12)5-10-9/h5-6H,2-4H2,1H3. The van der Waals surface area contributed by atoms with Crippen LogP contribution in [0.2, 0.25) is 0 Å². The van der Waals surface area contributed by atoms with Crippen LogP contribution in [0.25, 0.3) is 5.53 Å². The number of hydrogen-bond acceptors (Lipinski definition) is 2. The van der Waals surface area contributed by atoms with Gasteiger partial charge in [0.1, 0.15) is 5.92 Å². The van der Waals surface area contributed by atoms with Crippen molar-refractivity contribution in [3.8, 4) is 0 Å². The number of hydrogen-bond donors (Lipinski definition) is 0. The molecule has 0 spiro atoms. The van der Waals surface area contributed by atoms with Crippen LogP contribution in [0.15, 0.2) is 0 Å². The van der Waals surface area contributed by atoms with E-state index in [9.17, 15) is 9.59 Å². The molecule has 0 aromatic rings. The summed E-state index contributed by atoms with van der Waals surface area (Å²) < 4.78 is 0. The summed E-state index contributed by atoms with van der Waals surface area (Å²) in [6, 6.07) is 0. The molecule has 1 atom stereocenters. The largest absolute Gasteiger partial charge is 0.361 e. The highest BCUT2D eigenvalue weighted by Crippen LogP contribution is 2.17. The molecule has 0 aliphatic carbocycles. The highest BCUT2D eigenvalue weighted by molar-refractivity contribution is 6.31. The van der Waals surface area contributed by atoms with Crippen molar-refractivity contribution in [1.29, 1.82) is 0 Å². The van der Waals surface area contributed by atoms with Gasteiger partial charge in [-0.15, -0.1) is 0 Å². The Balaban J connectivity index is 2.69. The van der Waals surface area contributed by atoms with Gasteiger partial charge in [-0.05, 0) is 13.3 Å². The van der Waals surface area contributed by atoms with Crippen LogP contribution in [-0.4, -0.2) is 40.7 Å². The van der Waals surface area contributed by atoms with Gasteiger partial charge in [0.15, 0.2) is 0 Å². The lowest BCUT2D eigenvalue weighted by Gasteiger charge is -2.11. The van der Waals surface area contributed by atoms with Gasteiger partial charge in [-0.25, -0.2) is 0 Å². The third-order valence-corrected chi connectivity index (χ3v) is 2.21. The quantitative estimate of drug-likeness (QED) is 0.260. The molecule has 5 heteroatoms. The SMILES string of the molecule is CCN1CCC(C(=O)C=[N+]=[N-])C1=O. The third kappa shape index (κ3) is 1.81. The minimum Gasteiger partial charge on any atom is -0.361 e. The van der Waals surface area contributed by atoms with E-state index >= 15 is 0 Å². The van der Waals surface area contributed by atoms with Gasteiger partial charge in [-0.3, -0.25) is 9.59 Å². The Kier molecular flexibility index (Phi) is 2.93. The van der Waals surface area contributed by atoms with Crippen molar-refractivity contribution in [3.05, 3.63) is 5.53 Å². The maximum atomic E-state index is 11.4. The van der Waals surface area contributed by atoms with Crippen molar-refractivity contribution >= 4 is 17.9 Å². The molecule has 0 saturated carbocycles. The van der Waals surface area contributed by atoms with Crippen molar-refractivity contribution in [2.24, 2.45) is 5.92 Å². The predicted octanol–water partition coefficient (Wildman–Crippen LogP) is -0.276. The molecule has 1 heterocycles. The number of rotatable bonds is 3. The molecule has 0 N–H and O–H groups in total. The highest BCUT2D eigenvalue weighted by Gasteiger charge is 2.36. The van der Waals surface area contributed by atoms with Crippen molar-refractivity contribution < 1.29 is 14.4 Å². The zero-order valence-electron chi connectivity index (χ0n) is 7.43. The summed E-state index contributed by atoms with van der Waals surface area (Å²) >= 11 is 0. The lowest BCUT2D eigenvalue weighted by Crippen LogP contribution is -2.30. The molecule has 0 bridgehead atoms. The second-order valence-corrected chi connectivity index (χ2v) is 2.91. The molecule has 70 valence electrons. The average molecular weight is 181 g/mol. The fourth-order valence-corrected chi connectivity index (χ4v) is 1.46. The first-order valence-electron chi connectivity index (χ1n) is 4.20. The fourth-order valence-electron chi connectivity index (χ4n) is 1.46. The molecular weight excluding hydrogens is 170 g/mol. The van der Waals surface area contributed by atoms with Gasteiger partial charge in [0, 0.05) is 13.1 Å². The first-order valence-corrected chi connectivity index (χ1v) is 4.20.